The van der Waals surface area contributed by atoms with Crippen LogP contribution in [-0.4, -0.2) is 141 Å². The zero-order valence-corrected chi connectivity index (χ0v) is 34.1. The fraction of sp³-hybridized carbons (Fsp3) is 0.714. The van der Waals surface area contributed by atoms with Crippen molar-refractivity contribution >= 4 is 58.0 Å². The maximum Gasteiger partial charge on any atom is 0.274 e. The lowest BCUT2D eigenvalue weighted by molar-refractivity contribution is -0.873. The van der Waals surface area contributed by atoms with Gasteiger partial charge in [-0.25, -0.2) is 19.3 Å². The van der Waals surface area contributed by atoms with E-state index in [1.165, 1.54) is 13.8 Å². The van der Waals surface area contributed by atoms with Crippen molar-refractivity contribution in [1.29, 1.82) is 0 Å². The number of likely N-dealkylation sites (N-methyl/N-ethyl adjacent to an activating group) is 1. The van der Waals surface area contributed by atoms with E-state index in [0.29, 0.717) is 11.0 Å². The first-order valence-corrected chi connectivity index (χ1v) is 21.3. The van der Waals surface area contributed by atoms with E-state index in [4.69, 9.17) is 10.5 Å². The highest BCUT2D eigenvalue weighted by atomic mass is 31.3. The third-order valence-electron chi connectivity index (χ3n) is 8.00. The Labute approximate surface area is 325 Å². The number of imidazole rings is 1. The number of fused-ring (bicyclic) bond motifs is 1. The third kappa shape index (κ3) is 15.3. The molecule has 8 unspecified atom stereocenters. The molecule has 2 aromatic rings. The number of nitrogens with one attached hydrogen (secondary N) is 2. The number of ether oxygens (including phenoxy) is 1. The number of phosphoric acid groups is 3. The molecule has 1 saturated heterocycles. The van der Waals surface area contributed by atoms with Crippen LogP contribution in [0, 0.1) is 5.41 Å². The Bertz CT molecular complexity index is 1870. The Balaban J connectivity index is 1.48. The predicted molar refractivity (Wildman–Crippen MR) is 184 cm³/mol. The molecule has 0 spiro atoms. The lowest BCUT2D eigenvalue weighted by atomic mass is 9.87. The zero-order valence-electron chi connectivity index (χ0n) is 31.4. The molecule has 1 aliphatic rings. The number of rotatable bonds is 23. The van der Waals surface area contributed by atoms with Gasteiger partial charge in [-0.1, -0.05) is 13.8 Å². The summed E-state index contributed by atoms with van der Waals surface area (Å²) in [6.07, 6.45) is -8.66. The topological polar surface area (TPSA) is 395 Å². The molecule has 0 bridgehead atoms. The van der Waals surface area contributed by atoms with E-state index in [-0.39, 0.29) is 55.1 Å². The summed E-state index contributed by atoms with van der Waals surface area (Å²) in [6, 6.07) is 0. The van der Waals surface area contributed by atoms with Crippen molar-refractivity contribution in [3.8, 4) is 0 Å². The van der Waals surface area contributed by atoms with Gasteiger partial charge in [-0.3, -0.25) is 28.1 Å². The molecule has 3 rings (SSSR count). The number of amides is 2. The normalized spacial score (nSPS) is 22.4. The highest BCUT2D eigenvalue weighted by Gasteiger charge is 2.47. The van der Waals surface area contributed by atoms with Crippen molar-refractivity contribution in [2.24, 2.45) is 5.41 Å². The molecule has 8 atom stereocenters. The third-order valence-corrected chi connectivity index (χ3v) is 11.0. The van der Waals surface area contributed by atoms with Gasteiger partial charge in [0.05, 0.1) is 48.5 Å². The first-order valence-electron chi connectivity index (χ1n) is 16.9. The number of nitrogens with two attached hydrogens (primary N) is 1. The zero-order chi connectivity index (χ0) is 43.1. The van der Waals surface area contributed by atoms with Crippen molar-refractivity contribution in [2.75, 3.05) is 59.7 Å². The lowest BCUT2D eigenvalue weighted by Gasteiger charge is -2.36. The number of nitrogen functional groups attached to an aromatic ring is 1. The van der Waals surface area contributed by atoms with E-state index < -0.39 is 90.7 Å². The summed E-state index contributed by atoms with van der Waals surface area (Å²) in [4.78, 5) is 96.1. The molecular formula is C28H46N8O18P3-3. The van der Waals surface area contributed by atoms with Gasteiger partial charge in [0.25, 0.3) is 15.6 Å². The van der Waals surface area contributed by atoms with E-state index in [0.717, 1.165) is 17.2 Å². The minimum atomic E-state index is -5.93. The Morgan fingerprint density at radius 1 is 1.02 bits per heavy atom. The average molecular weight is 876 g/mol. The number of phosphoric ester groups is 3. The highest BCUT2D eigenvalue weighted by molar-refractivity contribution is 7.59. The van der Waals surface area contributed by atoms with Gasteiger partial charge >= 0.3 is 0 Å². The number of anilines is 1. The van der Waals surface area contributed by atoms with Crippen LogP contribution in [0.2, 0.25) is 0 Å². The van der Waals surface area contributed by atoms with Gasteiger partial charge in [0.15, 0.2) is 17.7 Å². The van der Waals surface area contributed by atoms with Crippen LogP contribution in [0.15, 0.2) is 12.7 Å². The number of ketones is 1. The Morgan fingerprint density at radius 2 is 1.65 bits per heavy atom. The molecule has 2 amide bonds. The second-order valence-electron chi connectivity index (χ2n) is 14.6. The maximum atomic E-state index is 12.5. The molecule has 57 heavy (non-hydrogen) atoms. The molecule has 1 aliphatic heterocycles. The van der Waals surface area contributed by atoms with E-state index >= 15 is 0 Å². The molecule has 29 heteroatoms. The highest BCUT2D eigenvalue weighted by Crippen LogP contribution is 2.56. The number of nitrogens with zero attached hydrogens (tertiary/aromatic N) is 5. The minimum Gasteiger partial charge on any atom is -0.790 e. The molecule has 26 nitrogen and oxygen atoms in total. The van der Waals surface area contributed by atoms with Crippen LogP contribution in [0.1, 0.15) is 39.3 Å². The van der Waals surface area contributed by atoms with Crippen LogP contribution < -0.4 is 35.9 Å². The monoisotopic (exact) mass is 875 g/mol. The van der Waals surface area contributed by atoms with Gasteiger partial charge in [-0.05, 0) is 0 Å². The van der Waals surface area contributed by atoms with Crippen molar-refractivity contribution in [1.82, 2.24) is 30.2 Å². The van der Waals surface area contributed by atoms with Crippen molar-refractivity contribution in [3.63, 3.8) is 0 Å². The number of carbonyl (C=O) groups excluding carboxylic acids is 3. The number of carbonyl (C=O) groups is 3. The Hall–Kier alpha value is -2.87. The second-order valence-corrected chi connectivity index (χ2v) is 18.7. The lowest BCUT2D eigenvalue weighted by Crippen LogP contribution is -2.46. The smallest absolute Gasteiger partial charge is 0.274 e. The maximum absolute atomic E-state index is 12.5. The Morgan fingerprint density at radius 3 is 2.28 bits per heavy atom. The fourth-order valence-corrected chi connectivity index (χ4v) is 8.06. The molecule has 2 aromatic heterocycles. The number of aromatic nitrogens is 4. The summed E-state index contributed by atoms with van der Waals surface area (Å²) in [6.45, 7) is 0.145. The summed E-state index contributed by atoms with van der Waals surface area (Å²) < 4.78 is 60.9. The molecule has 3 heterocycles. The van der Waals surface area contributed by atoms with Crippen molar-refractivity contribution < 1.29 is 90.1 Å². The van der Waals surface area contributed by atoms with Crippen LogP contribution in [-0.2, 0) is 50.7 Å². The van der Waals surface area contributed by atoms with Crippen LogP contribution in [0.3, 0.4) is 0 Å². The van der Waals surface area contributed by atoms with E-state index in [1.54, 1.807) is 0 Å². The summed E-state index contributed by atoms with van der Waals surface area (Å²) in [5.41, 5.74) is 4.03. The predicted octanol–water partition coefficient (Wildman–Crippen LogP) is -4.71. The average Bonchev–Trinajstić information content (AvgIpc) is 3.61. The standard InChI is InChI=1S/C28H49N8O18P3/c1-28(2,23(41)26(42)31-9-7-19(39)30-8-6-16(37)10-17(38)11-36(3,4)5)13-51-57(48,49)54-56(46,47)50-12-18-22(53-55(43,44)45)21(40)27(52-18)35-15-34-20-24(29)32-14-33-25(20)35/h14-15,17-18,21-23,27,38,40-41H,6-13H2,1-5H3,(H7-,29,30,31,32,33,39,42,43,44,45,46,47,48,49)/p-3. The quantitative estimate of drug-likeness (QED) is 0.0451. The number of aliphatic hydroxyl groups is 3. The number of quaternary nitrogens is 1. The largest absolute Gasteiger partial charge is 0.790 e. The molecule has 0 saturated carbocycles. The first kappa shape index (κ1) is 48.5. The van der Waals surface area contributed by atoms with E-state index in [2.05, 4.69) is 43.5 Å². The van der Waals surface area contributed by atoms with Gasteiger partial charge in [0, 0.05) is 37.8 Å². The molecular weight excluding hydrogens is 829 g/mol. The SMILES string of the molecule is CC(C)(COP(=O)([O-])OP(=O)([O-])OCC1OC(n2cnc3c(N)ncnc32)C(O)C1OP(=O)([O-])[O-])C(O)C(=O)NCCC(=O)NCCC(=O)CC(O)C[N+](C)(C)C. The number of aliphatic hydroxyl groups excluding tert-OH is 3. The van der Waals surface area contributed by atoms with E-state index in [9.17, 15) is 63.0 Å². The summed E-state index contributed by atoms with van der Waals surface area (Å²) in [7, 11) is -12.0. The van der Waals surface area contributed by atoms with Crippen LogP contribution in [0.5, 0.6) is 0 Å². The van der Waals surface area contributed by atoms with Gasteiger partial charge < -0.3 is 78.6 Å². The first-order chi connectivity index (χ1) is 26.1. The van der Waals surface area contributed by atoms with Crippen LogP contribution in [0.25, 0.3) is 11.2 Å². The molecule has 324 valence electrons. The number of Topliss-reactive ketones (excluding diaryl/α,β-unsaturated/α-hetero) is 1. The second kappa shape index (κ2) is 19.5. The summed E-state index contributed by atoms with van der Waals surface area (Å²) in [5.74, 6) is -1.93. The van der Waals surface area contributed by atoms with Crippen molar-refractivity contribution in [2.45, 2.75) is 69.9 Å². The summed E-state index contributed by atoms with van der Waals surface area (Å²) >= 11 is 0. The van der Waals surface area contributed by atoms with Crippen LogP contribution >= 0.6 is 23.5 Å². The Kier molecular flexibility index (Phi) is 16.6. The van der Waals surface area contributed by atoms with Crippen LogP contribution in [0.4, 0.5) is 5.82 Å². The molecule has 0 aromatic carbocycles. The fourth-order valence-electron chi connectivity index (χ4n) is 5.32. The number of hydrogen-bond donors (Lipinski definition) is 6. The van der Waals surface area contributed by atoms with Gasteiger partial charge in [-0.15, -0.1) is 0 Å². The van der Waals surface area contributed by atoms with Gasteiger partial charge in [0.2, 0.25) is 11.8 Å². The molecule has 0 aliphatic carbocycles. The minimum absolute atomic E-state index is 0.0103. The molecule has 7 N–H and O–H groups in total. The summed E-state index contributed by atoms with van der Waals surface area (Å²) in [5, 5.41) is 36.1. The molecule has 0 radical (unpaired) electrons. The van der Waals surface area contributed by atoms with Crippen molar-refractivity contribution in [3.05, 3.63) is 12.7 Å². The van der Waals surface area contributed by atoms with Gasteiger partial charge in [-0.2, -0.15) is 0 Å². The van der Waals surface area contributed by atoms with E-state index in [1.807, 2.05) is 21.1 Å². The van der Waals surface area contributed by atoms with Gasteiger partial charge in [0.1, 0.15) is 54.7 Å². The number of hydrogen-bond acceptors (Lipinski definition) is 22. The molecule has 1 fully saturated rings.